The van der Waals surface area contributed by atoms with E-state index in [1.165, 1.54) is 12.8 Å². The first kappa shape index (κ1) is 9.36. The van der Waals surface area contributed by atoms with E-state index in [1.807, 2.05) is 0 Å². The highest BCUT2D eigenvalue weighted by Gasteiger charge is 2.25. The number of rotatable bonds is 5. The van der Waals surface area contributed by atoms with Gasteiger partial charge in [-0.25, -0.2) is 4.79 Å². The van der Waals surface area contributed by atoms with Gasteiger partial charge in [-0.15, -0.1) is 0 Å². The van der Waals surface area contributed by atoms with Crippen molar-refractivity contribution in [3.8, 4) is 0 Å². The van der Waals surface area contributed by atoms with Crippen molar-refractivity contribution in [1.82, 2.24) is 5.32 Å². The number of carbonyl (C=O) groups excluding carboxylic acids is 1. The van der Waals surface area contributed by atoms with Crippen LogP contribution >= 0.6 is 0 Å². The van der Waals surface area contributed by atoms with Crippen LogP contribution < -0.4 is 5.32 Å². The van der Waals surface area contributed by atoms with E-state index < -0.39 is 0 Å². The van der Waals surface area contributed by atoms with E-state index in [0.29, 0.717) is 0 Å². The maximum absolute atomic E-state index is 10.9. The highest BCUT2D eigenvalue weighted by Crippen LogP contribution is 2.23. The molecule has 12 heavy (non-hydrogen) atoms. The number of alkyl carbamates (subject to hydrolysis) is 1. The molecular weight excluding hydrogens is 154 g/mol. The Kier molecular flexibility index (Phi) is 3.91. The van der Waals surface area contributed by atoms with Gasteiger partial charge in [0.15, 0.2) is 0 Å². The van der Waals surface area contributed by atoms with Gasteiger partial charge in [-0.05, 0) is 19.3 Å². The van der Waals surface area contributed by atoms with E-state index >= 15 is 0 Å². The molecule has 0 heterocycles. The van der Waals surface area contributed by atoms with Gasteiger partial charge in [0.2, 0.25) is 0 Å². The molecule has 0 radical (unpaired) electrons. The molecule has 1 aliphatic rings. The molecule has 3 nitrogen and oxygen atoms in total. The summed E-state index contributed by atoms with van der Waals surface area (Å²) < 4.78 is 4.99. The molecule has 0 spiro atoms. The topological polar surface area (TPSA) is 38.3 Å². The summed E-state index contributed by atoms with van der Waals surface area (Å²) in [5.41, 5.74) is 0. The molecule has 0 aromatic carbocycles. The summed E-state index contributed by atoms with van der Waals surface area (Å²) in [6.07, 6.45) is 5.47. The fourth-order valence-corrected chi connectivity index (χ4v) is 0.944. The minimum absolute atomic E-state index is 0.219. The molecule has 70 valence electrons. The molecule has 1 N–H and O–H groups in total. The predicted molar refractivity (Wildman–Crippen MR) is 47.0 cm³/mol. The largest absolute Gasteiger partial charge is 0.446 e. The van der Waals surface area contributed by atoms with Gasteiger partial charge < -0.3 is 10.1 Å². The third kappa shape index (κ3) is 4.21. The number of ether oxygens (including phenoxy) is 1. The molecule has 0 saturated heterocycles. The van der Waals surface area contributed by atoms with Gasteiger partial charge >= 0.3 is 6.09 Å². The summed E-state index contributed by atoms with van der Waals surface area (Å²) in [6.45, 7) is 2.89. The Labute approximate surface area is 73.5 Å². The first-order chi connectivity index (χ1) is 5.83. The lowest BCUT2D eigenvalue weighted by Crippen LogP contribution is -2.25. The second kappa shape index (κ2) is 5.01. The Balaban J connectivity index is 1.87. The molecule has 1 rings (SSSR count). The van der Waals surface area contributed by atoms with Crippen molar-refractivity contribution >= 4 is 6.09 Å². The fourth-order valence-electron chi connectivity index (χ4n) is 0.944. The van der Waals surface area contributed by atoms with E-state index in [0.717, 1.165) is 25.8 Å². The average molecular weight is 171 g/mol. The van der Waals surface area contributed by atoms with Gasteiger partial charge in [0.1, 0.15) is 6.10 Å². The Bertz CT molecular complexity index is 143. The van der Waals surface area contributed by atoms with Crippen LogP contribution in [0.1, 0.15) is 39.0 Å². The van der Waals surface area contributed by atoms with Crippen molar-refractivity contribution in [1.29, 1.82) is 0 Å². The normalized spacial score (nSPS) is 15.8. The lowest BCUT2D eigenvalue weighted by atomic mass is 10.2. The molecule has 0 bridgehead atoms. The smallest absolute Gasteiger partial charge is 0.407 e. The van der Waals surface area contributed by atoms with E-state index in [1.54, 1.807) is 0 Å². The van der Waals surface area contributed by atoms with Gasteiger partial charge in [0, 0.05) is 6.54 Å². The average Bonchev–Trinajstić information content (AvgIpc) is 2.82. The van der Waals surface area contributed by atoms with E-state index in [9.17, 15) is 4.79 Å². The Morgan fingerprint density at radius 1 is 1.50 bits per heavy atom. The van der Waals surface area contributed by atoms with Crippen LogP contribution in [0.25, 0.3) is 0 Å². The third-order valence-corrected chi connectivity index (χ3v) is 1.85. The van der Waals surface area contributed by atoms with E-state index in [4.69, 9.17) is 4.74 Å². The van der Waals surface area contributed by atoms with Gasteiger partial charge in [-0.2, -0.15) is 0 Å². The van der Waals surface area contributed by atoms with Crippen molar-refractivity contribution in [2.45, 2.75) is 45.1 Å². The molecular formula is C9H17NO2. The zero-order valence-electron chi connectivity index (χ0n) is 7.64. The van der Waals surface area contributed by atoms with Crippen LogP contribution in [0.4, 0.5) is 4.79 Å². The van der Waals surface area contributed by atoms with Gasteiger partial charge in [-0.3, -0.25) is 0 Å². The van der Waals surface area contributed by atoms with Crippen LogP contribution in [-0.2, 0) is 4.74 Å². The van der Waals surface area contributed by atoms with Crippen LogP contribution in [-0.4, -0.2) is 18.7 Å². The molecule has 0 atom stereocenters. The summed E-state index contributed by atoms with van der Waals surface area (Å²) >= 11 is 0. The Morgan fingerprint density at radius 2 is 2.25 bits per heavy atom. The highest BCUT2D eigenvalue weighted by atomic mass is 16.6. The molecule has 1 amide bonds. The molecule has 0 aromatic rings. The Morgan fingerprint density at radius 3 is 2.83 bits per heavy atom. The number of amides is 1. The SMILES string of the molecule is CCCCCNC(=O)OC1CC1. The summed E-state index contributed by atoms with van der Waals surface area (Å²) in [6, 6.07) is 0. The quantitative estimate of drug-likeness (QED) is 0.643. The van der Waals surface area contributed by atoms with Crippen LogP contribution in [0.3, 0.4) is 0 Å². The molecule has 1 fully saturated rings. The van der Waals surface area contributed by atoms with Gasteiger partial charge in [-0.1, -0.05) is 19.8 Å². The number of hydrogen-bond acceptors (Lipinski definition) is 2. The van der Waals surface area contributed by atoms with Crippen molar-refractivity contribution in [2.75, 3.05) is 6.54 Å². The van der Waals surface area contributed by atoms with Crippen LogP contribution in [0, 0.1) is 0 Å². The summed E-state index contributed by atoms with van der Waals surface area (Å²) in [5.74, 6) is 0. The minimum Gasteiger partial charge on any atom is -0.446 e. The molecule has 1 aliphatic carbocycles. The van der Waals surface area contributed by atoms with Crippen molar-refractivity contribution < 1.29 is 9.53 Å². The maximum Gasteiger partial charge on any atom is 0.407 e. The van der Waals surface area contributed by atoms with Crippen LogP contribution in [0.2, 0.25) is 0 Å². The number of nitrogens with one attached hydrogen (secondary N) is 1. The van der Waals surface area contributed by atoms with Crippen LogP contribution in [0.5, 0.6) is 0 Å². The molecule has 0 aromatic heterocycles. The lowest BCUT2D eigenvalue weighted by Gasteiger charge is -2.04. The van der Waals surface area contributed by atoms with Crippen molar-refractivity contribution in [3.63, 3.8) is 0 Å². The highest BCUT2D eigenvalue weighted by molar-refractivity contribution is 5.67. The molecule has 0 unspecified atom stereocenters. The van der Waals surface area contributed by atoms with Crippen molar-refractivity contribution in [2.24, 2.45) is 0 Å². The molecule has 3 heteroatoms. The summed E-state index contributed by atoms with van der Waals surface area (Å²) in [4.78, 5) is 10.9. The second-order valence-electron chi connectivity index (χ2n) is 3.24. The second-order valence-corrected chi connectivity index (χ2v) is 3.24. The van der Waals surface area contributed by atoms with E-state index in [2.05, 4.69) is 12.2 Å². The lowest BCUT2D eigenvalue weighted by molar-refractivity contribution is 0.139. The zero-order valence-corrected chi connectivity index (χ0v) is 7.64. The maximum atomic E-state index is 10.9. The zero-order chi connectivity index (χ0) is 8.81. The molecule has 1 saturated carbocycles. The van der Waals surface area contributed by atoms with Gasteiger partial charge in [0.25, 0.3) is 0 Å². The predicted octanol–water partition coefficient (Wildman–Crippen LogP) is 2.07. The first-order valence-electron chi connectivity index (χ1n) is 4.77. The third-order valence-electron chi connectivity index (χ3n) is 1.85. The monoisotopic (exact) mass is 171 g/mol. The van der Waals surface area contributed by atoms with Gasteiger partial charge in [0.05, 0.1) is 0 Å². The Hall–Kier alpha value is -0.730. The number of unbranched alkanes of at least 4 members (excludes halogenated alkanes) is 2. The minimum atomic E-state index is -0.242. The number of carbonyl (C=O) groups is 1. The number of hydrogen-bond donors (Lipinski definition) is 1. The standard InChI is InChI=1S/C9H17NO2/c1-2-3-4-7-10-9(11)12-8-5-6-8/h8H,2-7H2,1H3,(H,10,11). The molecule has 0 aliphatic heterocycles. The summed E-state index contributed by atoms with van der Waals surface area (Å²) in [7, 11) is 0. The first-order valence-corrected chi connectivity index (χ1v) is 4.77. The van der Waals surface area contributed by atoms with E-state index in [-0.39, 0.29) is 12.2 Å². The fraction of sp³-hybridized carbons (Fsp3) is 0.889. The van der Waals surface area contributed by atoms with Crippen molar-refractivity contribution in [3.05, 3.63) is 0 Å². The van der Waals surface area contributed by atoms with Crippen LogP contribution in [0.15, 0.2) is 0 Å². The summed E-state index contributed by atoms with van der Waals surface area (Å²) in [5, 5.41) is 2.73.